The lowest BCUT2D eigenvalue weighted by Gasteiger charge is -2.15. The highest BCUT2D eigenvalue weighted by Gasteiger charge is 2.15. The minimum absolute atomic E-state index is 0.0187. The van der Waals surface area contributed by atoms with Crippen molar-refractivity contribution in [1.82, 2.24) is 26.0 Å². The van der Waals surface area contributed by atoms with E-state index in [0.717, 1.165) is 17.0 Å². The lowest BCUT2D eigenvalue weighted by atomic mass is 10.1. The van der Waals surface area contributed by atoms with Crippen LogP contribution in [0.25, 0.3) is 11.3 Å². The van der Waals surface area contributed by atoms with E-state index in [1.165, 1.54) is 0 Å². The summed E-state index contributed by atoms with van der Waals surface area (Å²) in [6, 6.07) is 9.69. The first-order valence-electron chi connectivity index (χ1n) is 7.06. The number of rotatable bonds is 6. The largest absolute Gasteiger partial charge is 0.353 e. The molecule has 1 unspecified atom stereocenters. The zero-order valence-electron chi connectivity index (χ0n) is 12.6. The molecule has 1 atom stereocenters. The van der Waals surface area contributed by atoms with Gasteiger partial charge < -0.3 is 10.6 Å². The first kappa shape index (κ1) is 15.2. The van der Waals surface area contributed by atoms with Crippen LogP contribution in [0.1, 0.15) is 26.5 Å². The quantitative estimate of drug-likeness (QED) is 0.751. The summed E-state index contributed by atoms with van der Waals surface area (Å²) < 4.78 is 0. The first-order chi connectivity index (χ1) is 10.1. The predicted molar refractivity (Wildman–Crippen MR) is 81.4 cm³/mol. The number of hydrogen-bond acceptors (Lipinski definition) is 4. The van der Waals surface area contributed by atoms with Gasteiger partial charge in [0.1, 0.15) is 11.4 Å². The zero-order valence-corrected chi connectivity index (χ0v) is 12.6. The van der Waals surface area contributed by atoms with Crippen molar-refractivity contribution in [2.75, 3.05) is 0 Å². The summed E-state index contributed by atoms with van der Waals surface area (Å²) in [5.74, 6) is -0.0187. The Hall–Kier alpha value is -2.21. The molecule has 1 aromatic heterocycles. The van der Waals surface area contributed by atoms with Gasteiger partial charge in [0.05, 0.1) is 6.04 Å². The molecular weight excluding hydrogens is 266 g/mol. The monoisotopic (exact) mass is 287 g/mol. The van der Waals surface area contributed by atoms with Crippen molar-refractivity contribution in [3.05, 3.63) is 36.0 Å². The van der Waals surface area contributed by atoms with Gasteiger partial charge in [-0.05, 0) is 20.8 Å². The normalized spacial score (nSPS) is 12.4. The van der Waals surface area contributed by atoms with Crippen LogP contribution in [0.5, 0.6) is 0 Å². The van der Waals surface area contributed by atoms with Crippen LogP contribution in [0.4, 0.5) is 0 Å². The van der Waals surface area contributed by atoms with E-state index < -0.39 is 0 Å². The van der Waals surface area contributed by atoms with Crippen LogP contribution >= 0.6 is 0 Å². The van der Waals surface area contributed by atoms with E-state index >= 15 is 0 Å². The van der Waals surface area contributed by atoms with Crippen LogP contribution in [-0.2, 0) is 11.3 Å². The Morgan fingerprint density at radius 1 is 1.19 bits per heavy atom. The number of hydrogen-bond donors (Lipinski definition) is 3. The van der Waals surface area contributed by atoms with Gasteiger partial charge in [0.15, 0.2) is 0 Å². The van der Waals surface area contributed by atoms with Gasteiger partial charge in [-0.1, -0.05) is 30.3 Å². The molecule has 0 bridgehead atoms. The van der Waals surface area contributed by atoms with Gasteiger partial charge in [0.25, 0.3) is 0 Å². The highest BCUT2D eigenvalue weighted by molar-refractivity contribution is 5.81. The van der Waals surface area contributed by atoms with Crippen molar-refractivity contribution in [2.45, 2.75) is 39.4 Å². The molecule has 1 heterocycles. The highest BCUT2D eigenvalue weighted by atomic mass is 16.2. The summed E-state index contributed by atoms with van der Waals surface area (Å²) in [6.07, 6.45) is 0. The van der Waals surface area contributed by atoms with E-state index in [2.05, 4.69) is 26.0 Å². The molecule has 0 fully saturated rings. The maximum absolute atomic E-state index is 11.9. The number of carbonyl (C=O) groups is 1. The standard InChI is InChI=1S/C15H21N5O/c1-10(2)17-15(21)11(3)16-9-13-14(19-20-18-13)12-7-5-4-6-8-12/h4-8,10-11,16H,9H2,1-3H3,(H,17,21)(H,18,19,20). The molecule has 3 N–H and O–H groups in total. The summed E-state index contributed by atoms with van der Waals surface area (Å²) in [6.45, 7) is 6.19. The van der Waals surface area contributed by atoms with E-state index in [4.69, 9.17) is 0 Å². The molecule has 0 spiro atoms. The van der Waals surface area contributed by atoms with Gasteiger partial charge >= 0.3 is 0 Å². The van der Waals surface area contributed by atoms with Gasteiger partial charge in [0.2, 0.25) is 5.91 Å². The number of aromatic amines is 1. The van der Waals surface area contributed by atoms with E-state index in [9.17, 15) is 4.79 Å². The molecule has 6 heteroatoms. The third-order valence-electron chi connectivity index (χ3n) is 3.07. The number of carbonyl (C=O) groups excluding carboxylic acids is 1. The molecule has 21 heavy (non-hydrogen) atoms. The van der Waals surface area contributed by atoms with Gasteiger partial charge in [-0.3, -0.25) is 4.79 Å². The highest BCUT2D eigenvalue weighted by Crippen LogP contribution is 2.18. The Kier molecular flexibility index (Phi) is 5.05. The number of amides is 1. The van der Waals surface area contributed by atoms with Crippen molar-refractivity contribution >= 4 is 5.91 Å². The molecule has 0 aliphatic rings. The number of nitrogens with one attached hydrogen (secondary N) is 3. The lowest BCUT2D eigenvalue weighted by Crippen LogP contribution is -2.44. The molecule has 0 aliphatic carbocycles. The molecule has 2 rings (SSSR count). The number of H-pyrrole nitrogens is 1. The molecular formula is C15H21N5O. The Morgan fingerprint density at radius 2 is 1.90 bits per heavy atom. The average Bonchev–Trinajstić information content (AvgIpc) is 2.93. The zero-order chi connectivity index (χ0) is 15.2. The second-order valence-corrected chi connectivity index (χ2v) is 5.25. The van der Waals surface area contributed by atoms with Crippen molar-refractivity contribution < 1.29 is 4.79 Å². The van der Waals surface area contributed by atoms with Crippen molar-refractivity contribution in [1.29, 1.82) is 0 Å². The fourth-order valence-electron chi connectivity index (χ4n) is 1.96. The fraction of sp³-hybridized carbons (Fsp3) is 0.400. The van der Waals surface area contributed by atoms with Crippen molar-refractivity contribution in [3.63, 3.8) is 0 Å². The van der Waals surface area contributed by atoms with Crippen molar-refractivity contribution in [3.8, 4) is 11.3 Å². The molecule has 6 nitrogen and oxygen atoms in total. The minimum Gasteiger partial charge on any atom is -0.353 e. The van der Waals surface area contributed by atoms with E-state index in [0.29, 0.717) is 6.54 Å². The molecule has 2 aromatic rings. The second kappa shape index (κ2) is 6.99. The van der Waals surface area contributed by atoms with Gasteiger partial charge in [-0.2, -0.15) is 15.4 Å². The topological polar surface area (TPSA) is 82.7 Å². The van der Waals surface area contributed by atoms with Gasteiger partial charge in [0, 0.05) is 18.2 Å². The van der Waals surface area contributed by atoms with Gasteiger partial charge in [-0.25, -0.2) is 0 Å². The van der Waals surface area contributed by atoms with Gasteiger partial charge in [-0.15, -0.1) is 0 Å². The molecule has 0 saturated heterocycles. The van der Waals surface area contributed by atoms with Crippen LogP contribution in [0.15, 0.2) is 30.3 Å². The van der Waals surface area contributed by atoms with Crippen molar-refractivity contribution in [2.24, 2.45) is 0 Å². The SMILES string of the molecule is CC(C)NC(=O)C(C)NCc1n[nH]nc1-c1ccccc1. The van der Waals surface area contributed by atoms with E-state index in [-0.39, 0.29) is 18.0 Å². The number of benzene rings is 1. The lowest BCUT2D eigenvalue weighted by molar-refractivity contribution is -0.123. The molecule has 0 aliphatic heterocycles. The Morgan fingerprint density at radius 3 is 2.57 bits per heavy atom. The van der Waals surface area contributed by atoms with E-state index in [1.807, 2.05) is 51.1 Å². The molecule has 0 saturated carbocycles. The van der Waals surface area contributed by atoms with Crippen LogP contribution in [0.3, 0.4) is 0 Å². The summed E-state index contributed by atoms with van der Waals surface area (Å²) in [5, 5.41) is 17.0. The average molecular weight is 287 g/mol. The van der Waals surface area contributed by atoms with Crippen LogP contribution in [0, 0.1) is 0 Å². The summed E-state index contributed by atoms with van der Waals surface area (Å²) in [7, 11) is 0. The molecule has 1 aromatic carbocycles. The predicted octanol–water partition coefficient (Wildman–Crippen LogP) is 1.47. The van der Waals surface area contributed by atoms with E-state index in [1.54, 1.807) is 0 Å². The second-order valence-electron chi connectivity index (χ2n) is 5.25. The van der Waals surface area contributed by atoms with Crippen LogP contribution < -0.4 is 10.6 Å². The number of aromatic nitrogens is 3. The van der Waals surface area contributed by atoms with Crippen LogP contribution in [0.2, 0.25) is 0 Å². The maximum atomic E-state index is 11.9. The third-order valence-corrected chi connectivity index (χ3v) is 3.07. The summed E-state index contributed by atoms with van der Waals surface area (Å²) in [5.41, 5.74) is 2.60. The molecule has 112 valence electrons. The summed E-state index contributed by atoms with van der Waals surface area (Å²) in [4.78, 5) is 11.9. The molecule has 1 amide bonds. The third kappa shape index (κ3) is 4.13. The fourth-order valence-corrected chi connectivity index (χ4v) is 1.96. The number of nitrogens with zero attached hydrogens (tertiary/aromatic N) is 2. The maximum Gasteiger partial charge on any atom is 0.237 e. The smallest absolute Gasteiger partial charge is 0.237 e. The molecule has 0 radical (unpaired) electrons. The Bertz CT molecular complexity index is 579. The Balaban J connectivity index is 1.99. The minimum atomic E-state index is -0.285. The summed E-state index contributed by atoms with van der Waals surface area (Å²) >= 11 is 0. The van der Waals surface area contributed by atoms with Crippen LogP contribution in [-0.4, -0.2) is 33.4 Å². The Labute approximate surface area is 124 Å². The first-order valence-corrected chi connectivity index (χ1v) is 7.06.